The van der Waals surface area contributed by atoms with E-state index in [0.717, 1.165) is 71.0 Å². The maximum Gasteiger partial charge on any atom is 0.222 e. The average molecular weight is 294 g/mol. The Hall–Kier alpha value is -0.610. The van der Waals surface area contributed by atoms with Crippen LogP contribution in [0.2, 0.25) is 0 Å². The molecule has 0 aromatic rings. The van der Waals surface area contributed by atoms with Crippen molar-refractivity contribution in [1.82, 2.24) is 10.2 Å². The van der Waals surface area contributed by atoms with Gasteiger partial charge in [-0.25, -0.2) is 0 Å². The Morgan fingerprint density at radius 2 is 2.05 bits per heavy atom. The van der Waals surface area contributed by atoms with Crippen LogP contribution < -0.4 is 5.32 Å². The first-order valence-electron chi connectivity index (χ1n) is 8.84. The minimum Gasteiger partial charge on any atom is -0.381 e. The Bertz CT molecular complexity index is 341. The van der Waals surface area contributed by atoms with Crippen LogP contribution in [0.25, 0.3) is 0 Å². The van der Waals surface area contributed by atoms with Crippen molar-refractivity contribution < 1.29 is 9.53 Å². The Kier molecular flexibility index (Phi) is 5.17. The second kappa shape index (κ2) is 7.10. The Morgan fingerprint density at radius 1 is 1.24 bits per heavy atom. The monoisotopic (exact) mass is 294 g/mol. The van der Waals surface area contributed by atoms with Crippen molar-refractivity contribution in [1.29, 1.82) is 0 Å². The number of hydrogen-bond donors (Lipinski definition) is 1. The molecule has 3 rings (SSSR count). The third-order valence-electron chi connectivity index (χ3n) is 5.64. The smallest absolute Gasteiger partial charge is 0.222 e. The fraction of sp³-hybridized carbons (Fsp3) is 0.941. The van der Waals surface area contributed by atoms with Gasteiger partial charge in [-0.3, -0.25) is 4.79 Å². The Labute approximate surface area is 128 Å². The van der Waals surface area contributed by atoms with Crippen molar-refractivity contribution in [3.05, 3.63) is 0 Å². The summed E-state index contributed by atoms with van der Waals surface area (Å²) in [6.45, 7) is 5.94. The zero-order valence-electron chi connectivity index (χ0n) is 13.2. The van der Waals surface area contributed by atoms with E-state index in [-0.39, 0.29) is 5.41 Å². The highest BCUT2D eigenvalue weighted by Gasteiger charge is 2.38. The molecule has 0 saturated carbocycles. The molecule has 1 N–H and O–H groups in total. The van der Waals surface area contributed by atoms with Gasteiger partial charge in [-0.15, -0.1) is 0 Å². The fourth-order valence-corrected chi connectivity index (χ4v) is 4.31. The third-order valence-corrected chi connectivity index (χ3v) is 5.64. The van der Waals surface area contributed by atoms with Crippen LogP contribution >= 0.6 is 0 Å². The molecule has 3 aliphatic heterocycles. The van der Waals surface area contributed by atoms with Crippen molar-refractivity contribution in [2.45, 2.75) is 51.4 Å². The standard InChI is InChI=1S/C17H30N2O2/c20-16(4-3-15-5-9-18-10-6-15)19-11-1-7-17(13-19)8-2-12-21-14-17/h15,18H,1-14H2. The van der Waals surface area contributed by atoms with E-state index in [2.05, 4.69) is 10.2 Å². The van der Waals surface area contributed by atoms with Crippen molar-refractivity contribution in [3.63, 3.8) is 0 Å². The predicted octanol–water partition coefficient (Wildman–Crippen LogP) is 2.19. The van der Waals surface area contributed by atoms with Gasteiger partial charge >= 0.3 is 0 Å². The van der Waals surface area contributed by atoms with E-state index in [1.807, 2.05) is 0 Å². The summed E-state index contributed by atoms with van der Waals surface area (Å²) in [5.74, 6) is 1.14. The van der Waals surface area contributed by atoms with Crippen LogP contribution in [-0.2, 0) is 9.53 Å². The van der Waals surface area contributed by atoms with Gasteiger partial charge in [-0.05, 0) is 64.0 Å². The second-order valence-electron chi connectivity index (χ2n) is 7.31. The highest BCUT2D eigenvalue weighted by atomic mass is 16.5. The lowest BCUT2D eigenvalue weighted by molar-refractivity contribution is -0.138. The molecule has 3 heterocycles. The van der Waals surface area contributed by atoms with Crippen LogP contribution in [-0.4, -0.2) is 50.2 Å². The van der Waals surface area contributed by atoms with Gasteiger partial charge in [0.25, 0.3) is 0 Å². The summed E-state index contributed by atoms with van der Waals surface area (Å²) in [4.78, 5) is 14.7. The van der Waals surface area contributed by atoms with Gasteiger partial charge in [0.15, 0.2) is 0 Å². The van der Waals surface area contributed by atoms with Gasteiger partial charge in [0.05, 0.1) is 6.61 Å². The zero-order valence-corrected chi connectivity index (χ0v) is 13.2. The molecule has 0 aromatic heterocycles. The molecule has 3 aliphatic rings. The molecular formula is C17H30N2O2. The molecule has 1 amide bonds. The van der Waals surface area contributed by atoms with Crippen LogP contribution in [0, 0.1) is 11.3 Å². The van der Waals surface area contributed by atoms with Gasteiger partial charge in [0.2, 0.25) is 5.91 Å². The quantitative estimate of drug-likeness (QED) is 0.867. The summed E-state index contributed by atoms with van der Waals surface area (Å²) in [6.07, 6.45) is 9.12. The summed E-state index contributed by atoms with van der Waals surface area (Å²) in [5, 5.41) is 3.40. The van der Waals surface area contributed by atoms with E-state index in [1.165, 1.54) is 25.7 Å². The molecule has 1 spiro atoms. The first-order valence-corrected chi connectivity index (χ1v) is 8.84. The summed E-state index contributed by atoms with van der Waals surface area (Å²) < 4.78 is 5.70. The number of ether oxygens (including phenoxy) is 1. The molecule has 0 radical (unpaired) electrons. The molecule has 1 atom stereocenters. The van der Waals surface area contributed by atoms with Gasteiger partial charge < -0.3 is 15.0 Å². The molecule has 4 heteroatoms. The maximum absolute atomic E-state index is 12.5. The summed E-state index contributed by atoms with van der Waals surface area (Å²) in [7, 11) is 0. The number of carbonyl (C=O) groups excluding carboxylic acids is 1. The lowest BCUT2D eigenvalue weighted by Crippen LogP contribution is -2.49. The van der Waals surface area contributed by atoms with E-state index >= 15 is 0 Å². The van der Waals surface area contributed by atoms with Crippen LogP contribution in [0.1, 0.15) is 51.4 Å². The van der Waals surface area contributed by atoms with Gasteiger partial charge in [0.1, 0.15) is 0 Å². The Balaban J connectivity index is 1.47. The molecule has 0 aromatic carbocycles. The van der Waals surface area contributed by atoms with E-state index in [4.69, 9.17) is 4.74 Å². The topological polar surface area (TPSA) is 41.6 Å². The van der Waals surface area contributed by atoms with Crippen molar-refractivity contribution in [2.75, 3.05) is 39.4 Å². The largest absolute Gasteiger partial charge is 0.381 e. The number of likely N-dealkylation sites (tertiary alicyclic amines) is 1. The van der Waals surface area contributed by atoms with Crippen molar-refractivity contribution >= 4 is 5.91 Å². The third kappa shape index (κ3) is 3.98. The normalized spacial score (nSPS) is 31.5. The van der Waals surface area contributed by atoms with Gasteiger partial charge in [-0.2, -0.15) is 0 Å². The lowest BCUT2D eigenvalue weighted by atomic mass is 9.75. The van der Waals surface area contributed by atoms with Crippen LogP contribution in [0.3, 0.4) is 0 Å². The van der Waals surface area contributed by atoms with Crippen LogP contribution in [0.5, 0.6) is 0 Å². The lowest BCUT2D eigenvalue weighted by Gasteiger charge is -2.45. The van der Waals surface area contributed by atoms with Gasteiger partial charge in [0, 0.05) is 31.5 Å². The summed E-state index contributed by atoms with van der Waals surface area (Å²) in [5.41, 5.74) is 0.279. The second-order valence-corrected chi connectivity index (χ2v) is 7.31. The number of nitrogens with one attached hydrogen (secondary N) is 1. The van der Waals surface area contributed by atoms with E-state index in [1.54, 1.807) is 0 Å². The first-order chi connectivity index (χ1) is 10.3. The number of piperidine rings is 2. The molecule has 0 aliphatic carbocycles. The molecule has 3 fully saturated rings. The maximum atomic E-state index is 12.5. The first kappa shape index (κ1) is 15.3. The van der Waals surface area contributed by atoms with Crippen LogP contribution in [0.4, 0.5) is 0 Å². The summed E-state index contributed by atoms with van der Waals surface area (Å²) in [6, 6.07) is 0. The molecule has 4 nitrogen and oxygen atoms in total. The molecule has 21 heavy (non-hydrogen) atoms. The molecule has 1 unspecified atom stereocenters. The zero-order chi connectivity index (χ0) is 14.5. The molecular weight excluding hydrogens is 264 g/mol. The molecule has 120 valence electrons. The highest BCUT2D eigenvalue weighted by Crippen LogP contribution is 2.37. The predicted molar refractivity (Wildman–Crippen MR) is 83.1 cm³/mol. The van der Waals surface area contributed by atoms with E-state index in [0.29, 0.717) is 5.91 Å². The minimum absolute atomic E-state index is 0.279. The van der Waals surface area contributed by atoms with Crippen molar-refractivity contribution in [2.24, 2.45) is 11.3 Å². The van der Waals surface area contributed by atoms with E-state index < -0.39 is 0 Å². The number of hydrogen-bond acceptors (Lipinski definition) is 3. The number of amides is 1. The van der Waals surface area contributed by atoms with E-state index in [9.17, 15) is 4.79 Å². The highest BCUT2D eigenvalue weighted by molar-refractivity contribution is 5.76. The fourth-order valence-electron chi connectivity index (χ4n) is 4.31. The number of nitrogens with zero attached hydrogens (tertiary/aromatic N) is 1. The number of rotatable bonds is 3. The van der Waals surface area contributed by atoms with Crippen molar-refractivity contribution in [3.8, 4) is 0 Å². The Morgan fingerprint density at radius 3 is 2.81 bits per heavy atom. The molecule has 3 saturated heterocycles. The SMILES string of the molecule is O=C(CCC1CCNCC1)N1CCCC2(CCCOC2)C1. The molecule has 0 bridgehead atoms. The number of carbonyl (C=O) groups is 1. The average Bonchev–Trinajstić information content (AvgIpc) is 2.54. The van der Waals surface area contributed by atoms with Crippen LogP contribution in [0.15, 0.2) is 0 Å². The minimum atomic E-state index is 0.279. The van der Waals surface area contributed by atoms with Gasteiger partial charge in [-0.1, -0.05) is 0 Å². The summed E-state index contributed by atoms with van der Waals surface area (Å²) >= 11 is 0.